The van der Waals surface area contributed by atoms with Gasteiger partial charge < -0.3 is 15.5 Å². The number of piperidine rings is 3. The summed E-state index contributed by atoms with van der Waals surface area (Å²) in [6.45, 7) is 3.98. The normalized spacial score (nSPS) is 34.0. The van der Waals surface area contributed by atoms with Crippen molar-refractivity contribution in [2.24, 2.45) is 11.8 Å². The van der Waals surface area contributed by atoms with Crippen LogP contribution in [0, 0.1) is 23.5 Å². The molecule has 5 rings (SSSR count). The fourth-order valence-corrected chi connectivity index (χ4v) is 5.41. The third-order valence-corrected chi connectivity index (χ3v) is 6.67. The van der Waals surface area contributed by atoms with Gasteiger partial charge in [0.2, 0.25) is 0 Å². The van der Waals surface area contributed by atoms with E-state index in [1.165, 1.54) is 6.07 Å². The van der Waals surface area contributed by atoms with E-state index in [0.717, 1.165) is 56.6 Å². The van der Waals surface area contributed by atoms with Gasteiger partial charge >= 0.3 is 0 Å². The highest BCUT2D eigenvalue weighted by atomic mass is 19.2. The van der Waals surface area contributed by atoms with Gasteiger partial charge in [-0.05, 0) is 73.8 Å². The van der Waals surface area contributed by atoms with Crippen molar-refractivity contribution in [1.82, 2.24) is 15.5 Å². The first-order chi connectivity index (χ1) is 12.1. The van der Waals surface area contributed by atoms with Crippen LogP contribution in [0.5, 0.6) is 0 Å². The van der Waals surface area contributed by atoms with E-state index in [-0.39, 0.29) is 23.4 Å². The molecule has 3 aliphatic heterocycles. The van der Waals surface area contributed by atoms with Crippen LogP contribution >= 0.6 is 0 Å². The maximum absolute atomic E-state index is 14.5. The summed E-state index contributed by atoms with van der Waals surface area (Å²) in [4.78, 5) is 14.6. The highest BCUT2D eigenvalue weighted by Crippen LogP contribution is 2.52. The Morgan fingerprint density at radius 1 is 1.12 bits per heavy atom. The van der Waals surface area contributed by atoms with Crippen LogP contribution in [0.15, 0.2) is 6.07 Å². The Hall–Kier alpha value is -1.53. The number of nitrogens with zero attached hydrogens (tertiary/aromatic N) is 1. The Kier molecular flexibility index (Phi) is 3.61. The third kappa shape index (κ3) is 2.27. The molecule has 0 spiro atoms. The lowest BCUT2D eigenvalue weighted by Gasteiger charge is -2.50. The first-order valence-electron chi connectivity index (χ1n) is 9.38. The predicted octanol–water partition coefficient (Wildman–Crippen LogP) is 2.00. The molecule has 134 valence electrons. The molecule has 1 amide bonds. The molecule has 0 aromatic heterocycles. The second-order valence-corrected chi connectivity index (χ2v) is 7.99. The number of hydrogen-bond donors (Lipinski definition) is 2. The van der Waals surface area contributed by atoms with Crippen LogP contribution in [-0.4, -0.2) is 43.0 Å². The molecular formula is C19H23F2N3O. The van der Waals surface area contributed by atoms with Gasteiger partial charge in [-0.25, -0.2) is 8.78 Å². The van der Waals surface area contributed by atoms with Gasteiger partial charge in [0.1, 0.15) is 0 Å². The summed E-state index contributed by atoms with van der Waals surface area (Å²) in [5.41, 5.74) is 1.63. The van der Waals surface area contributed by atoms with Crippen molar-refractivity contribution >= 4 is 5.91 Å². The number of carbonyl (C=O) groups is 1. The number of nitrogens with one attached hydrogen (secondary N) is 2. The standard InChI is InChI=1S/C19H23F2N3O/c20-15-5-13(16-10-4-11(16)7-23-6-10)14-9-24(12-2-1-3-22-8-12)19(25)17(14)18(15)21/h5,10-12,16,22-23H,1-4,6-9H2. The molecule has 2 N–H and O–H groups in total. The number of hydrogen-bond acceptors (Lipinski definition) is 3. The SMILES string of the molecule is O=C1c2c(F)c(F)cc(C3C4CNCC3C4)c2CN1C1CCCNC1. The van der Waals surface area contributed by atoms with Gasteiger partial charge in [-0.2, -0.15) is 0 Å². The van der Waals surface area contributed by atoms with Crippen LogP contribution in [0.4, 0.5) is 8.78 Å². The van der Waals surface area contributed by atoms with Gasteiger partial charge in [0.15, 0.2) is 11.6 Å². The molecular weight excluding hydrogens is 324 g/mol. The van der Waals surface area contributed by atoms with Gasteiger partial charge in [0.05, 0.1) is 5.56 Å². The largest absolute Gasteiger partial charge is 0.330 e. The second-order valence-electron chi connectivity index (χ2n) is 7.99. The average molecular weight is 347 g/mol. The minimum Gasteiger partial charge on any atom is -0.330 e. The summed E-state index contributed by atoms with van der Waals surface area (Å²) in [6.07, 6.45) is 3.08. The number of rotatable bonds is 2. The number of amides is 1. The van der Waals surface area contributed by atoms with Crippen molar-refractivity contribution in [3.05, 3.63) is 34.4 Å². The third-order valence-electron chi connectivity index (χ3n) is 6.67. The highest BCUT2D eigenvalue weighted by molar-refractivity contribution is 5.99. The molecule has 3 fully saturated rings. The van der Waals surface area contributed by atoms with Gasteiger partial charge in [-0.3, -0.25) is 4.79 Å². The van der Waals surface area contributed by atoms with E-state index in [1.54, 1.807) is 4.90 Å². The number of halogens is 2. The van der Waals surface area contributed by atoms with Crippen molar-refractivity contribution in [2.45, 2.75) is 37.8 Å². The van der Waals surface area contributed by atoms with E-state index in [4.69, 9.17) is 0 Å². The minimum absolute atomic E-state index is 0.00138. The smallest absolute Gasteiger partial charge is 0.257 e. The molecule has 4 nitrogen and oxygen atoms in total. The van der Waals surface area contributed by atoms with Crippen LogP contribution in [-0.2, 0) is 6.54 Å². The number of carbonyl (C=O) groups excluding carboxylic acids is 1. The number of fused-ring (bicyclic) bond motifs is 3. The summed E-state index contributed by atoms with van der Waals surface area (Å²) in [6, 6.07) is 1.45. The molecule has 1 aromatic carbocycles. The maximum atomic E-state index is 14.5. The zero-order valence-electron chi connectivity index (χ0n) is 14.2. The summed E-state index contributed by atoms with van der Waals surface area (Å²) in [5.74, 6) is -0.936. The minimum atomic E-state index is -0.961. The first kappa shape index (κ1) is 15.7. The van der Waals surface area contributed by atoms with Crippen LogP contribution in [0.3, 0.4) is 0 Å². The van der Waals surface area contributed by atoms with E-state index < -0.39 is 11.6 Å². The van der Waals surface area contributed by atoms with Gasteiger partial charge in [-0.1, -0.05) is 0 Å². The quantitative estimate of drug-likeness (QED) is 0.860. The molecule has 3 atom stereocenters. The molecule has 0 radical (unpaired) electrons. The number of benzene rings is 1. The molecule has 25 heavy (non-hydrogen) atoms. The van der Waals surface area contributed by atoms with Crippen molar-refractivity contribution in [3.8, 4) is 0 Å². The van der Waals surface area contributed by atoms with E-state index >= 15 is 0 Å². The van der Waals surface area contributed by atoms with Gasteiger partial charge in [-0.15, -0.1) is 0 Å². The van der Waals surface area contributed by atoms with Crippen molar-refractivity contribution in [1.29, 1.82) is 0 Å². The van der Waals surface area contributed by atoms with E-state index in [9.17, 15) is 13.6 Å². The van der Waals surface area contributed by atoms with Crippen LogP contribution in [0.25, 0.3) is 0 Å². The Morgan fingerprint density at radius 2 is 1.92 bits per heavy atom. The zero-order chi connectivity index (χ0) is 17.1. The highest BCUT2D eigenvalue weighted by Gasteiger charge is 2.48. The molecule has 3 unspecified atom stereocenters. The molecule has 1 aliphatic carbocycles. The van der Waals surface area contributed by atoms with Gasteiger partial charge in [0.25, 0.3) is 5.91 Å². The first-order valence-corrected chi connectivity index (χ1v) is 9.38. The second kappa shape index (κ2) is 5.74. The summed E-state index contributed by atoms with van der Waals surface area (Å²) >= 11 is 0. The van der Waals surface area contributed by atoms with E-state index in [2.05, 4.69) is 10.6 Å². The van der Waals surface area contributed by atoms with Crippen molar-refractivity contribution in [2.75, 3.05) is 26.2 Å². The lowest BCUT2D eigenvalue weighted by Crippen LogP contribution is -2.52. The fourth-order valence-electron chi connectivity index (χ4n) is 5.41. The lowest BCUT2D eigenvalue weighted by molar-refractivity contribution is 0.0668. The molecule has 1 aromatic rings. The fraction of sp³-hybridized carbons (Fsp3) is 0.632. The Morgan fingerprint density at radius 3 is 2.60 bits per heavy atom. The van der Waals surface area contributed by atoms with Crippen LogP contribution < -0.4 is 10.6 Å². The summed E-state index contributed by atoms with van der Waals surface area (Å²) in [7, 11) is 0. The van der Waals surface area contributed by atoms with Gasteiger partial charge in [0, 0.05) is 19.1 Å². The lowest BCUT2D eigenvalue weighted by atomic mass is 9.59. The zero-order valence-corrected chi connectivity index (χ0v) is 14.2. The van der Waals surface area contributed by atoms with E-state index in [1.807, 2.05) is 0 Å². The van der Waals surface area contributed by atoms with E-state index in [0.29, 0.717) is 18.4 Å². The van der Waals surface area contributed by atoms with Crippen LogP contribution in [0.2, 0.25) is 0 Å². The summed E-state index contributed by atoms with van der Waals surface area (Å²) in [5, 5.41) is 6.70. The molecule has 6 heteroatoms. The van der Waals surface area contributed by atoms with Crippen molar-refractivity contribution in [3.63, 3.8) is 0 Å². The van der Waals surface area contributed by atoms with Crippen molar-refractivity contribution < 1.29 is 13.6 Å². The Balaban J connectivity index is 1.54. The predicted molar refractivity (Wildman–Crippen MR) is 89.3 cm³/mol. The van der Waals surface area contributed by atoms with Crippen LogP contribution in [0.1, 0.15) is 46.7 Å². The molecule has 3 heterocycles. The molecule has 2 saturated heterocycles. The molecule has 1 saturated carbocycles. The monoisotopic (exact) mass is 347 g/mol. The average Bonchev–Trinajstić information content (AvgIpc) is 2.98. The Bertz CT molecular complexity index is 718. The molecule has 4 aliphatic rings. The Labute approximate surface area is 146 Å². The molecule has 2 bridgehead atoms. The summed E-state index contributed by atoms with van der Waals surface area (Å²) < 4.78 is 28.8. The maximum Gasteiger partial charge on any atom is 0.257 e. The topological polar surface area (TPSA) is 44.4 Å².